The van der Waals surface area contributed by atoms with Crippen LogP contribution >= 0.6 is 11.3 Å². The summed E-state index contributed by atoms with van der Waals surface area (Å²) in [4.78, 5) is 24.5. The van der Waals surface area contributed by atoms with E-state index in [-0.39, 0.29) is 18.4 Å². The van der Waals surface area contributed by atoms with Gasteiger partial charge < -0.3 is 15.2 Å². The molecule has 1 aromatic rings. The second-order valence-corrected chi connectivity index (χ2v) is 5.60. The molecule has 0 bridgehead atoms. The van der Waals surface area contributed by atoms with Crippen molar-refractivity contribution in [3.63, 3.8) is 0 Å². The van der Waals surface area contributed by atoms with Gasteiger partial charge in [-0.3, -0.25) is 4.79 Å². The van der Waals surface area contributed by atoms with Gasteiger partial charge in [0.1, 0.15) is 0 Å². The van der Waals surface area contributed by atoms with Crippen molar-refractivity contribution in [2.75, 3.05) is 13.7 Å². The Morgan fingerprint density at radius 2 is 2.42 bits per heavy atom. The lowest BCUT2D eigenvalue weighted by Gasteiger charge is -2.23. The van der Waals surface area contributed by atoms with Crippen LogP contribution in [-0.2, 0) is 20.7 Å². The Balaban J connectivity index is 2.07. The molecule has 5 nitrogen and oxygen atoms in total. The van der Waals surface area contributed by atoms with Gasteiger partial charge in [-0.15, -0.1) is 11.3 Å². The van der Waals surface area contributed by atoms with Crippen molar-refractivity contribution >= 4 is 23.2 Å². The van der Waals surface area contributed by atoms with Gasteiger partial charge in [0, 0.05) is 12.0 Å². The van der Waals surface area contributed by atoms with Crippen molar-refractivity contribution in [3.05, 3.63) is 21.9 Å². The zero-order chi connectivity index (χ0) is 13.8. The first-order valence-electron chi connectivity index (χ1n) is 6.22. The molecule has 1 aromatic heterocycles. The maximum Gasteiger partial charge on any atom is 0.328 e. The van der Waals surface area contributed by atoms with Gasteiger partial charge in [0.05, 0.1) is 12.5 Å². The first kappa shape index (κ1) is 14.0. The van der Waals surface area contributed by atoms with Crippen LogP contribution in [0.1, 0.15) is 29.2 Å². The van der Waals surface area contributed by atoms with Gasteiger partial charge in [0.25, 0.3) is 0 Å². The number of carboxylic acid groups (broad SMARTS) is 1. The predicted octanol–water partition coefficient (Wildman–Crippen LogP) is 1.38. The first-order chi connectivity index (χ1) is 9.13. The Bertz CT molecular complexity index is 471. The minimum Gasteiger partial charge on any atom is -0.480 e. The minimum atomic E-state index is -1.07. The lowest BCUT2D eigenvalue weighted by atomic mass is 9.87. The predicted molar refractivity (Wildman–Crippen MR) is 71.4 cm³/mol. The Kier molecular flexibility index (Phi) is 4.55. The van der Waals surface area contributed by atoms with Crippen molar-refractivity contribution in [1.82, 2.24) is 5.32 Å². The van der Waals surface area contributed by atoms with Gasteiger partial charge in [-0.1, -0.05) is 0 Å². The van der Waals surface area contributed by atoms with Gasteiger partial charge in [0.2, 0.25) is 5.91 Å². The molecule has 19 heavy (non-hydrogen) atoms. The summed E-state index contributed by atoms with van der Waals surface area (Å²) < 4.78 is 4.81. The average Bonchev–Trinajstić information content (AvgIpc) is 2.85. The van der Waals surface area contributed by atoms with Crippen LogP contribution in [0.15, 0.2) is 11.4 Å². The maximum absolute atomic E-state index is 12.2. The largest absolute Gasteiger partial charge is 0.480 e. The Labute approximate surface area is 115 Å². The van der Waals surface area contributed by atoms with E-state index in [1.165, 1.54) is 12.0 Å². The third kappa shape index (κ3) is 3.13. The van der Waals surface area contributed by atoms with Crippen LogP contribution in [0.4, 0.5) is 0 Å². The molecule has 0 aromatic carbocycles. The highest BCUT2D eigenvalue weighted by Gasteiger charge is 2.30. The molecule has 1 aliphatic carbocycles. The van der Waals surface area contributed by atoms with E-state index in [0.29, 0.717) is 0 Å². The Hall–Kier alpha value is -1.40. The molecule has 0 fully saturated rings. The second-order valence-electron chi connectivity index (χ2n) is 4.60. The van der Waals surface area contributed by atoms with Crippen LogP contribution in [0.3, 0.4) is 0 Å². The van der Waals surface area contributed by atoms with E-state index in [2.05, 4.69) is 5.32 Å². The molecular weight excluding hydrogens is 266 g/mol. The number of aryl methyl sites for hydroxylation is 1. The number of hydrogen-bond acceptors (Lipinski definition) is 4. The lowest BCUT2D eigenvalue weighted by molar-refractivity contribution is -0.143. The number of rotatable bonds is 5. The van der Waals surface area contributed by atoms with Crippen LogP contribution < -0.4 is 5.32 Å². The zero-order valence-electron chi connectivity index (χ0n) is 10.7. The molecule has 6 heteroatoms. The van der Waals surface area contributed by atoms with Gasteiger partial charge in [-0.25, -0.2) is 4.79 Å². The molecule has 0 saturated carbocycles. The van der Waals surface area contributed by atoms with Crippen LogP contribution in [0.25, 0.3) is 0 Å². The molecule has 104 valence electrons. The number of hydrogen-bond donors (Lipinski definition) is 2. The first-order valence-corrected chi connectivity index (χ1v) is 7.10. The molecule has 0 spiro atoms. The van der Waals surface area contributed by atoms with E-state index >= 15 is 0 Å². The van der Waals surface area contributed by atoms with Crippen molar-refractivity contribution in [3.8, 4) is 0 Å². The van der Waals surface area contributed by atoms with Crippen LogP contribution in [-0.4, -0.2) is 36.7 Å². The molecule has 0 radical (unpaired) electrons. The number of amides is 1. The van der Waals surface area contributed by atoms with E-state index in [1.807, 2.05) is 11.4 Å². The molecule has 1 amide bonds. The zero-order valence-corrected chi connectivity index (χ0v) is 11.5. The van der Waals surface area contributed by atoms with Gasteiger partial charge >= 0.3 is 5.97 Å². The number of fused-ring (bicyclic) bond motifs is 1. The highest BCUT2D eigenvalue weighted by Crippen LogP contribution is 2.35. The molecule has 1 aliphatic rings. The van der Waals surface area contributed by atoms with Crippen molar-refractivity contribution in [2.45, 2.75) is 31.2 Å². The number of carbonyl (C=O) groups is 2. The van der Waals surface area contributed by atoms with Crippen LogP contribution in [0.2, 0.25) is 0 Å². The number of aliphatic carboxylic acids is 1. The van der Waals surface area contributed by atoms with E-state index in [1.54, 1.807) is 11.3 Å². The second kappa shape index (κ2) is 6.16. The SMILES string of the molecule is COCC(NC(=O)C1CCCc2sccc21)C(=O)O. The van der Waals surface area contributed by atoms with Crippen LogP contribution in [0.5, 0.6) is 0 Å². The Morgan fingerprint density at radius 1 is 1.63 bits per heavy atom. The highest BCUT2D eigenvalue weighted by atomic mass is 32.1. The lowest BCUT2D eigenvalue weighted by Crippen LogP contribution is -2.46. The smallest absolute Gasteiger partial charge is 0.328 e. The Morgan fingerprint density at radius 3 is 3.11 bits per heavy atom. The number of ether oxygens (including phenoxy) is 1. The monoisotopic (exact) mass is 283 g/mol. The number of nitrogens with one attached hydrogen (secondary N) is 1. The fraction of sp³-hybridized carbons (Fsp3) is 0.538. The number of thiophene rings is 1. The summed E-state index contributed by atoms with van der Waals surface area (Å²) in [6.07, 6.45) is 2.75. The van der Waals surface area contributed by atoms with E-state index in [4.69, 9.17) is 9.84 Å². The van der Waals surface area contributed by atoms with Crippen LogP contribution in [0, 0.1) is 0 Å². The standard InChI is InChI=1S/C13H17NO4S/c1-18-7-10(13(16)17)14-12(15)9-3-2-4-11-8(9)5-6-19-11/h5-6,9-10H,2-4,7H2,1H3,(H,14,15)(H,16,17). The van der Waals surface area contributed by atoms with Gasteiger partial charge in [-0.05, 0) is 36.3 Å². The fourth-order valence-electron chi connectivity index (χ4n) is 2.37. The summed E-state index contributed by atoms with van der Waals surface area (Å²) in [6, 6.07) is 0.983. The molecule has 0 saturated heterocycles. The van der Waals surface area contributed by atoms with E-state index < -0.39 is 12.0 Å². The maximum atomic E-state index is 12.2. The fourth-order valence-corrected chi connectivity index (χ4v) is 3.36. The van der Waals surface area contributed by atoms with E-state index in [0.717, 1.165) is 24.8 Å². The molecule has 2 atom stereocenters. The molecule has 0 aliphatic heterocycles. The third-order valence-corrected chi connectivity index (χ3v) is 4.31. The molecular formula is C13H17NO4S. The summed E-state index contributed by atoms with van der Waals surface area (Å²) >= 11 is 1.66. The van der Waals surface area contributed by atoms with Gasteiger partial charge in [-0.2, -0.15) is 0 Å². The minimum absolute atomic E-state index is 0.0235. The molecule has 2 N–H and O–H groups in total. The third-order valence-electron chi connectivity index (χ3n) is 3.32. The van der Waals surface area contributed by atoms with Crippen molar-refractivity contribution in [1.29, 1.82) is 0 Å². The number of carboxylic acids is 1. The summed E-state index contributed by atoms with van der Waals surface area (Å²) in [6.45, 7) is -0.0235. The summed E-state index contributed by atoms with van der Waals surface area (Å²) in [5, 5.41) is 13.6. The quantitative estimate of drug-likeness (QED) is 0.856. The molecule has 1 heterocycles. The average molecular weight is 283 g/mol. The number of carbonyl (C=O) groups excluding carboxylic acids is 1. The normalized spacial score (nSPS) is 19.5. The summed E-state index contributed by atoms with van der Waals surface area (Å²) in [5.74, 6) is -1.52. The molecule has 2 rings (SSSR count). The topological polar surface area (TPSA) is 75.6 Å². The number of methoxy groups -OCH3 is 1. The van der Waals surface area contributed by atoms with Crippen molar-refractivity contribution in [2.24, 2.45) is 0 Å². The summed E-state index contributed by atoms with van der Waals surface area (Å²) in [7, 11) is 1.42. The van der Waals surface area contributed by atoms with Gasteiger partial charge in [0.15, 0.2) is 6.04 Å². The highest BCUT2D eigenvalue weighted by molar-refractivity contribution is 7.10. The summed E-state index contributed by atoms with van der Waals surface area (Å²) in [5.41, 5.74) is 1.05. The molecule has 2 unspecified atom stereocenters. The van der Waals surface area contributed by atoms with E-state index in [9.17, 15) is 9.59 Å². The van der Waals surface area contributed by atoms with Crippen molar-refractivity contribution < 1.29 is 19.4 Å².